The number of benzene rings is 1. The highest BCUT2D eigenvalue weighted by Crippen LogP contribution is 2.46. The Balaban J connectivity index is 1.21. The van der Waals surface area contributed by atoms with Crippen LogP contribution in [0, 0.1) is 5.41 Å². The maximum atomic E-state index is 12.5. The SMILES string of the molecule is CC(=O)c1cccc2c1CC(NCCCCN1C(=O)CC3(CCCC3)CC1=O)CO2. The van der Waals surface area contributed by atoms with Crippen LogP contribution < -0.4 is 10.1 Å². The Morgan fingerprint density at radius 1 is 1.17 bits per heavy atom. The summed E-state index contributed by atoms with van der Waals surface area (Å²) in [7, 11) is 0. The smallest absolute Gasteiger partial charge is 0.229 e. The second-order valence-electron chi connectivity index (χ2n) is 9.21. The van der Waals surface area contributed by atoms with E-state index in [0.717, 1.165) is 68.4 Å². The number of Topliss-reactive ketones (excluding diaryl/α,β-unsaturated/α-hetero) is 1. The van der Waals surface area contributed by atoms with Gasteiger partial charge in [0.1, 0.15) is 12.4 Å². The van der Waals surface area contributed by atoms with Gasteiger partial charge in [-0.1, -0.05) is 25.0 Å². The quantitative estimate of drug-likeness (QED) is 0.423. The number of hydrogen-bond acceptors (Lipinski definition) is 5. The van der Waals surface area contributed by atoms with Crippen molar-refractivity contribution < 1.29 is 19.1 Å². The minimum atomic E-state index is -0.0256. The first-order chi connectivity index (χ1) is 14.5. The number of amides is 2. The summed E-state index contributed by atoms with van der Waals surface area (Å²) in [6, 6.07) is 5.80. The molecule has 1 saturated carbocycles. The van der Waals surface area contributed by atoms with Crippen molar-refractivity contribution in [1.29, 1.82) is 0 Å². The van der Waals surface area contributed by atoms with E-state index in [1.165, 1.54) is 4.90 Å². The Labute approximate surface area is 178 Å². The van der Waals surface area contributed by atoms with E-state index in [0.29, 0.717) is 26.0 Å². The van der Waals surface area contributed by atoms with Crippen molar-refractivity contribution in [2.24, 2.45) is 5.41 Å². The number of ketones is 1. The van der Waals surface area contributed by atoms with E-state index < -0.39 is 0 Å². The van der Waals surface area contributed by atoms with Gasteiger partial charge in [0, 0.05) is 36.6 Å². The number of likely N-dealkylation sites (tertiary alicyclic amines) is 1. The van der Waals surface area contributed by atoms with Crippen LogP contribution in [0.15, 0.2) is 18.2 Å². The number of imide groups is 1. The van der Waals surface area contributed by atoms with E-state index in [-0.39, 0.29) is 29.1 Å². The third-order valence-electron chi connectivity index (χ3n) is 6.96. The number of carbonyl (C=O) groups is 3. The van der Waals surface area contributed by atoms with Gasteiger partial charge in [-0.25, -0.2) is 0 Å². The maximum Gasteiger partial charge on any atom is 0.229 e. The number of carbonyl (C=O) groups excluding carboxylic acids is 3. The van der Waals surface area contributed by atoms with E-state index in [1.807, 2.05) is 18.2 Å². The first kappa shape index (κ1) is 21.0. The zero-order valence-electron chi connectivity index (χ0n) is 17.9. The zero-order chi connectivity index (χ0) is 21.1. The van der Waals surface area contributed by atoms with Crippen molar-refractivity contribution >= 4 is 17.6 Å². The largest absolute Gasteiger partial charge is 0.492 e. The Hall–Kier alpha value is -2.21. The van der Waals surface area contributed by atoms with Gasteiger partial charge < -0.3 is 10.1 Å². The molecule has 1 unspecified atom stereocenters. The molecule has 0 aromatic heterocycles. The van der Waals surface area contributed by atoms with Crippen LogP contribution in [-0.2, 0) is 16.0 Å². The lowest BCUT2D eigenvalue weighted by Gasteiger charge is -2.37. The normalized spacial score (nSPS) is 22.8. The van der Waals surface area contributed by atoms with E-state index in [9.17, 15) is 14.4 Å². The van der Waals surface area contributed by atoms with Crippen LogP contribution in [0.25, 0.3) is 0 Å². The summed E-state index contributed by atoms with van der Waals surface area (Å²) in [5.41, 5.74) is 1.70. The molecular weight excluding hydrogens is 380 g/mol. The van der Waals surface area contributed by atoms with Crippen molar-refractivity contribution in [2.75, 3.05) is 19.7 Å². The third kappa shape index (κ3) is 4.43. The second-order valence-corrected chi connectivity index (χ2v) is 9.21. The number of hydrogen-bond donors (Lipinski definition) is 1. The molecule has 0 radical (unpaired) electrons. The lowest BCUT2D eigenvalue weighted by Crippen LogP contribution is -2.47. The van der Waals surface area contributed by atoms with Crippen LogP contribution in [0.5, 0.6) is 5.75 Å². The molecule has 4 rings (SSSR count). The highest BCUT2D eigenvalue weighted by atomic mass is 16.5. The zero-order valence-corrected chi connectivity index (χ0v) is 17.9. The van der Waals surface area contributed by atoms with Gasteiger partial charge in [-0.3, -0.25) is 19.3 Å². The summed E-state index contributed by atoms with van der Waals surface area (Å²) >= 11 is 0. The van der Waals surface area contributed by atoms with Crippen molar-refractivity contribution in [2.45, 2.75) is 70.8 Å². The molecule has 30 heavy (non-hydrogen) atoms. The first-order valence-electron chi connectivity index (χ1n) is 11.3. The minimum Gasteiger partial charge on any atom is -0.492 e. The van der Waals surface area contributed by atoms with Gasteiger partial charge in [-0.2, -0.15) is 0 Å². The van der Waals surface area contributed by atoms with Crippen molar-refractivity contribution in [3.8, 4) is 5.75 Å². The monoisotopic (exact) mass is 412 g/mol. The molecule has 1 aliphatic carbocycles. The fourth-order valence-electron chi connectivity index (χ4n) is 5.33. The van der Waals surface area contributed by atoms with Gasteiger partial charge in [0.15, 0.2) is 5.78 Å². The molecule has 6 nitrogen and oxygen atoms in total. The number of ether oxygens (including phenoxy) is 1. The summed E-state index contributed by atoms with van der Waals surface area (Å²) in [6.07, 6.45) is 7.92. The summed E-state index contributed by atoms with van der Waals surface area (Å²) in [4.78, 5) is 38.4. The van der Waals surface area contributed by atoms with Gasteiger partial charge in [-0.05, 0) is 57.1 Å². The van der Waals surface area contributed by atoms with E-state index in [1.54, 1.807) is 6.92 Å². The Bertz CT molecular complexity index is 808. The third-order valence-corrected chi connectivity index (χ3v) is 6.96. The molecular formula is C24H32N2O4. The fraction of sp³-hybridized carbons (Fsp3) is 0.625. The van der Waals surface area contributed by atoms with Crippen LogP contribution in [0.1, 0.15) is 74.2 Å². The summed E-state index contributed by atoms with van der Waals surface area (Å²) < 4.78 is 5.84. The second kappa shape index (κ2) is 8.88. The molecule has 1 spiro atoms. The Morgan fingerprint density at radius 2 is 1.90 bits per heavy atom. The molecule has 1 aromatic carbocycles. The Morgan fingerprint density at radius 3 is 2.60 bits per heavy atom. The van der Waals surface area contributed by atoms with Crippen molar-refractivity contribution in [1.82, 2.24) is 10.2 Å². The molecule has 1 saturated heterocycles. The van der Waals surface area contributed by atoms with Gasteiger partial charge in [0.05, 0.1) is 0 Å². The number of rotatable bonds is 7. The maximum absolute atomic E-state index is 12.5. The van der Waals surface area contributed by atoms with Crippen LogP contribution >= 0.6 is 0 Å². The van der Waals surface area contributed by atoms with Crippen LogP contribution in [0.3, 0.4) is 0 Å². The van der Waals surface area contributed by atoms with Crippen molar-refractivity contribution in [3.05, 3.63) is 29.3 Å². The average molecular weight is 413 g/mol. The van der Waals surface area contributed by atoms with Crippen LogP contribution in [0.2, 0.25) is 0 Å². The van der Waals surface area contributed by atoms with Crippen LogP contribution in [-0.4, -0.2) is 48.2 Å². The summed E-state index contributed by atoms with van der Waals surface area (Å²) in [6.45, 7) is 3.49. The van der Waals surface area contributed by atoms with E-state index in [2.05, 4.69) is 5.32 Å². The van der Waals surface area contributed by atoms with Gasteiger partial charge in [-0.15, -0.1) is 0 Å². The molecule has 1 aromatic rings. The lowest BCUT2D eigenvalue weighted by molar-refractivity contribution is -0.153. The Kier molecular flexibility index (Phi) is 6.23. The molecule has 0 bridgehead atoms. The first-order valence-corrected chi connectivity index (χ1v) is 11.3. The summed E-state index contributed by atoms with van der Waals surface area (Å²) in [5.74, 6) is 0.916. The number of nitrogens with zero attached hydrogens (tertiary/aromatic N) is 1. The van der Waals surface area contributed by atoms with Gasteiger partial charge >= 0.3 is 0 Å². The number of fused-ring (bicyclic) bond motifs is 1. The summed E-state index contributed by atoms with van der Waals surface area (Å²) in [5, 5.41) is 3.50. The number of unbranched alkanes of at least 4 members (excludes halogenated alkanes) is 1. The predicted octanol–water partition coefficient (Wildman–Crippen LogP) is 3.27. The average Bonchev–Trinajstić information content (AvgIpc) is 3.16. The van der Waals surface area contributed by atoms with Gasteiger partial charge in [0.25, 0.3) is 0 Å². The fourth-order valence-corrected chi connectivity index (χ4v) is 5.33. The van der Waals surface area contributed by atoms with Gasteiger partial charge in [0.2, 0.25) is 11.8 Å². The van der Waals surface area contributed by atoms with Crippen LogP contribution in [0.4, 0.5) is 0 Å². The molecule has 3 aliphatic rings. The molecule has 162 valence electrons. The molecule has 2 fully saturated rings. The number of nitrogens with one attached hydrogen (secondary N) is 1. The number of piperidine rings is 1. The molecule has 1 atom stereocenters. The molecule has 6 heteroatoms. The highest BCUT2D eigenvalue weighted by Gasteiger charge is 2.44. The molecule has 2 aliphatic heterocycles. The topological polar surface area (TPSA) is 75.7 Å². The predicted molar refractivity (Wildman–Crippen MR) is 114 cm³/mol. The van der Waals surface area contributed by atoms with Crippen molar-refractivity contribution in [3.63, 3.8) is 0 Å². The molecule has 2 amide bonds. The lowest BCUT2D eigenvalue weighted by atomic mass is 9.76. The van der Waals surface area contributed by atoms with E-state index >= 15 is 0 Å². The highest BCUT2D eigenvalue weighted by molar-refractivity contribution is 5.98. The standard InChI is InChI=1S/C24H32N2O4/c1-17(27)19-7-6-8-21-20(19)13-18(16-30-21)25-11-4-5-12-26-22(28)14-24(15-23(26)29)9-2-3-10-24/h6-8,18,25H,2-5,9-16H2,1H3. The van der Waals surface area contributed by atoms with E-state index in [4.69, 9.17) is 4.74 Å². The molecule has 1 N–H and O–H groups in total. The molecule has 2 heterocycles. The minimum absolute atomic E-state index is 0.0233.